The van der Waals surface area contributed by atoms with E-state index in [9.17, 15) is 8.42 Å². The van der Waals surface area contributed by atoms with Gasteiger partial charge in [-0.2, -0.15) is 0 Å². The number of benzene rings is 1. The first kappa shape index (κ1) is 18.1. The summed E-state index contributed by atoms with van der Waals surface area (Å²) in [4.78, 5) is 4.39. The molecule has 0 aromatic heterocycles. The van der Waals surface area contributed by atoms with Gasteiger partial charge in [-0.05, 0) is 37.3 Å². The molecule has 7 heteroatoms. The Balaban J connectivity index is 2.33. The van der Waals surface area contributed by atoms with Crippen LogP contribution in [0.5, 0.6) is 5.75 Å². The quantitative estimate of drug-likeness (QED) is 0.810. The number of hydrogen-bond donors (Lipinski definition) is 1. The highest BCUT2D eigenvalue weighted by Gasteiger charge is 2.18. The van der Waals surface area contributed by atoms with Crippen LogP contribution in [-0.4, -0.2) is 33.5 Å². The van der Waals surface area contributed by atoms with Gasteiger partial charge in [0.25, 0.3) is 0 Å². The second-order valence-electron chi connectivity index (χ2n) is 6.21. The summed E-state index contributed by atoms with van der Waals surface area (Å²) in [7, 11) is -3.42. The van der Waals surface area contributed by atoms with Crippen LogP contribution < -0.4 is 9.46 Å². The van der Waals surface area contributed by atoms with Crippen LogP contribution in [-0.2, 0) is 16.4 Å². The van der Waals surface area contributed by atoms with Gasteiger partial charge in [0.05, 0.1) is 17.0 Å². The van der Waals surface area contributed by atoms with Crippen LogP contribution in [0.3, 0.4) is 0 Å². The fourth-order valence-electron chi connectivity index (χ4n) is 2.52. The van der Waals surface area contributed by atoms with Gasteiger partial charge in [-0.15, -0.1) is 0 Å². The Morgan fingerprint density at radius 1 is 1.39 bits per heavy atom. The highest BCUT2D eigenvalue weighted by molar-refractivity contribution is 7.92. The number of ether oxygens (including phenoxy) is 1. The van der Waals surface area contributed by atoms with Crippen molar-refractivity contribution in [2.45, 2.75) is 33.1 Å². The van der Waals surface area contributed by atoms with E-state index in [1.54, 1.807) is 12.1 Å². The zero-order chi connectivity index (χ0) is 17.0. The molecule has 1 aromatic carbocycles. The number of sulfonamides is 1. The third kappa shape index (κ3) is 5.39. The average molecular weight is 359 g/mol. The molecular formula is C16H23ClN2O3S. The molecule has 0 bridgehead atoms. The van der Waals surface area contributed by atoms with Crippen molar-refractivity contribution in [2.75, 3.05) is 24.1 Å². The van der Waals surface area contributed by atoms with Crippen molar-refractivity contribution in [3.05, 3.63) is 22.7 Å². The smallest absolute Gasteiger partial charge is 0.229 e. The van der Waals surface area contributed by atoms with Gasteiger partial charge >= 0.3 is 0 Å². The lowest BCUT2D eigenvalue weighted by atomic mass is 10.0. The first-order valence-electron chi connectivity index (χ1n) is 7.70. The third-order valence-corrected chi connectivity index (χ3v) is 4.36. The first-order valence-corrected chi connectivity index (χ1v) is 9.97. The van der Waals surface area contributed by atoms with Gasteiger partial charge in [0.2, 0.25) is 10.0 Å². The van der Waals surface area contributed by atoms with Crippen molar-refractivity contribution in [2.24, 2.45) is 10.9 Å². The number of nitrogens with one attached hydrogen (secondary N) is 1. The molecule has 0 spiro atoms. The van der Waals surface area contributed by atoms with Gasteiger partial charge in [0, 0.05) is 17.8 Å². The molecule has 23 heavy (non-hydrogen) atoms. The standard InChI is InChI=1S/C16H23ClN2O3S/c1-11(2)9-13-15(22-10-12-5-4-8-18-12)7-6-14(17)16(13)19-23(3,20)21/h6-7,11,19H,4-5,8-10H2,1-3H3. The van der Waals surface area contributed by atoms with Crippen LogP contribution in [0.25, 0.3) is 0 Å². The van der Waals surface area contributed by atoms with Crippen molar-refractivity contribution >= 4 is 33.0 Å². The molecule has 1 aliphatic heterocycles. The predicted molar refractivity (Wildman–Crippen MR) is 95.5 cm³/mol. The van der Waals surface area contributed by atoms with Gasteiger partial charge in [0.1, 0.15) is 12.4 Å². The Morgan fingerprint density at radius 2 is 2.13 bits per heavy atom. The van der Waals surface area contributed by atoms with Crippen molar-refractivity contribution in [3.63, 3.8) is 0 Å². The molecule has 1 aromatic rings. The van der Waals surface area contributed by atoms with Gasteiger partial charge < -0.3 is 4.74 Å². The van der Waals surface area contributed by atoms with Crippen molar-refractivity contribution in [1.29, 1.82) is 0 Å². The molecule has 0 unspecified atom stereocenters. The lowest BCUT2D eigenvalue weighted by Crippen LogP contribution is -2.15. The summed E-state index contributed by atoms with van der Waals surface area (Å²) in [6, 6.07) is 3.45. The minimum Gasteiger partial charge on any atom is -0.487 e. The summed E-state index contributed by atoms with van der Waals surface area (Å²) in [6.07, 6.45) is 3.81. The van der Waals surface area contributed by atoms with E-state index in [1.165, 1.54) is 0 Å². The molecule has 128 valence electrons. The van der Waals surface area contributed by atoms with Crippen LogP contribution in [0.15, 0.2) is 17.1 Å². The monoisotopic (exact) mass is 358 g/mol. The molecule has 0 radical (unpaired) electrons. The molecule has 0 amide bonds. The maximum atomic E-state index is 11.6. The van der Waals surface area contributed by atoms with E-state index in [2.05, 4.69) is 23.6 Å². The molecule has 5 nitrogen and oxygen atoms in total. The highest BCUT2D eigenvalue weighted by atomic mass is 35.5. The molecule has 0 saturated carbocycles. The lowest BCUT2D eigenvalue weighted by molar-refractivity contribution is 0.369. The van der Waals surface area contributed by atoms with E-state index < -0.39 is 10.0 Å². The molecule has 2 rings (SSSR count). The van der Waals surface area contributed by atoms with Gasteiger partial charge in [-0.3, -0.25) is 9.71 Å². The zero-order valence-corrected chi connectivity index (χ0v) is 15.3. The molecule has 0 aliphatic carbocycles. The molecule has 1 N–H and O–H groups in total. The minimum atomic E-state index is -3.42. The van der Waals surface area contributed by atoms with Gasteiger partial charge in [-0.1, -0.05) is 25.4 Å². The molecule has 0 atom stereocenters. The van der Waals surface area contributed by atoms with E-state index in [0.29, 0.717) is 35.4 Å². The normalized spacial score (nSPS) is 14.9. The van der Waals surface area contributed by atoms with Crippen LogP contribution >= 0.6 is 11.6 Å². The number of rotatable bonds is 7. The molecule has 1 heterocycles. The number of nitrogens with zero attached hydrogens (tertiary/aromatic N) is 1. The summed E-state index contributed by atoms with van der Waals surface area (Å²) < 4.78 is 31.7. The molecule has 0 fully saturated rings. The second-order valence-corrected chi connectivity index (χ2v) is 8.37. The Bertz CT molecular complexity index is 700. The van der Waals surface area contributed by atoms with E-state index in [0.717, 1.165) is 36.9 Å². The third-order valence-electron chi connectivity index (χ3n) is 3.47. The van der Waals surface area contributed by atoms with E-state index in [1.807, 2.05) is 0 Å². The molecule has 0 saturated heterocycles. The SMILES string of the molecule is CC(C)Cc1c(OCC2=NCCC2)ccc(Cl)c1NS(C)(=O)=O. The number of anilines is 1. The van der Waals surface area contributed by atoms with Crippen molar-refractivity contribution in [3.8, 4) is 5.75 Å². The Labute approximate surface area is 143 Å². The largest absolute Gasteiger partial charge is 0.487 e. The van der Waals surface area contributed by atoms with Crippen LogP contribution in [0.4, 0.5) is 5.69 Å². The summed E-state index contributed by atoms with van der Waals surface area (Å²) in [5, 5.41) is 0.372. The summed E-state index contributed by atoms with van der Waals surface area (Å²) in [5.41, 5.74) is 2.25. The minimum absolute atomic E-state index is 0.333. The zero-order valence-electron chi connectivity index (χ0n) is 13.7. The Kier molecular flexibility index (Phi) is 5.92. The fourth-order valence-corrected chi connectivity index (χ4v) is 3.40. The second kappa shape index (κ2) is 7.53. The number of halogens is 1. The van der Waals surface area contributed by atoms with E-state index in [-0.39, 0.29) is 0 Å². The maximum Gasteiger partial charge on any atom is 0.229 e. The summed E-state index contributed by atoms with van der Waals surface area (Å²) in [6.45, 7) is 5.43. The predicted octanol–water partition coefficient (Wildman–Crippen LogP) is 3.52. The summed E-state index contributed by atoms with van der Waals surface area (Å²) in [5.74, 6) is 0.989. The van der Waals surface area contributed by atoms with Crippen molar-refractivity contribution in [1.82, 2.24) is 0 Å². The maximum absolute atomic E-state index is 11.6. The first-order chi connectivity index (χ1) is 10.8. The summed E-state index contributed by atoms with van der Waals surface area (Å²) >= 11 is 6.21. The fraction of sp³-hybridized carbons (Fsp3) is 0.562. The highest BCUT2D eigenvalue weighted by Crippen LogP contribution is 2.36. The van der Waals surface area contributed by atoms with E-state index >= 15 is 0 Å². The Morgan fingerprint density at radius 3 is 2.70 bits per heavy atom. The van der Waals surface area contributed by atoms with Gasteiger partial charge in [-0.25, -0.2) is 8.42 Å². The van der Waals surface area contributed by atoms with E-state index in [4.69, 9.17) is 16.3 Å². The average Bonchev–Trinajstić information content (AvgIpc) is 2.93. The number of hydrogen-bond acceptors (Lipinski definition) is 4. The number of aliphatic imine (C=N–C) groups is 1. The molecule has 1 aliphatic rings. The van der Waals surface area contributed by atoms with Crippen LogP contribution in [0, 0.1) is 5.92 Å². The van der Waals surface area contributed by atoms with Gasteiger partial charge in [0.15, 0.2) is 0 Å². The van der Waals surface area contributed by atoms with Crippen molar-refractivity contribution < 1.29 is 13.2 Å². The lowest BCUT2D eigenvalue weighted by Gasteiger charge is -2.19. The van der Waals surface area contributed by atoms with Crippen LogP contribution in [0.1, 0.15) is 32.3 Å². The van der Waals surface area contributed by atoms with Crippen LogP contribution in [0.2, 0.25) is 5.02 Å². The Hall–Kier alpha value is -1.27. The molecular weight excluding hydrogens is 336 g/mol. The topological polar surface area (TPSA) is 67.8 Å².